The molecule has 4 nitrogen and oxygen atoms in total. The fourth-order valence-electron chi connectivity index (χ4n) is 2.84. The minimum atomic E-state index is 0.603. The minimum absolute atomic E-state index is 0.603. The van der Waals surface area contributed by atoms with Crippen LogP contribution in [0.15, 0.2) is 60.0 Å². The van der Waals surface area contributed by atoms with E-state index < -0.39 is 0 Å². The van der Waals surface area contributed by atoms with E-state index in [1.54, 1.807) is 11.3 Å². The van der Waals surface area contributed by atoms with Crippen molar-refractivity contribution in [3.63, 3.8) is 0 Å². The lowest BCUT2D eigenvalue weighted by Gasteiger charge is -2.13. The Balaban J connectivity index is 1.69. The molecule has 2 aromatic carbocycles. The van der Waals surface area contributed by atoms with Gasteiger partial charge in [-0.25, -0.2) is 4.98 Å². The van der Waals surface area contributed by atoms with Crippen molar-refractivity contribution in [1.82, 2.24) is 9.97 Å². The van der Waals surface area contributed by atoms with Gasteiger partial charge in [0.25, 0.3) is 0 Å². The first-order chi connectivity index (χ1) is 12.7. The van der Waals surface area contributed by atoms with Gasteiger partial charge in [0, 0.05) is 16.0 Å². The molecule has 0 bridgehead atoms. The number of nitrogens with one attached hydrogen (secondary N) is 2. The van der Waals surface area contributed by atoms with Crippen molar-refractivity contribution in [3.05, 3.63) is 76.0 Å². The molecule has 0 aliphatic carbocycles. The molecule has 2 heterocycles. The summed E-state index contributed by atoms with van der Waals surface area (Å²) in [6, 6.07) is 18.6. The van der Waals surface area contributed by atoms with Crippen LogP contribution in [0.4, 0.5) is 17.5 Å². The topological polar surface area (TPSA) is 49.8 Å². The van der Waals surface area contributed by atoms with Crippen LogP contribution in [0.3, 0.4) is 0 Å². The van der Waals surface area contributed by atoms with Crippen molar-refractivity contribution in [3.8, 4) is 0 Å². The van der Waals surface area contributed by atoms with Crippen molar-refractivity contribution in [2.75, 3.05) is 10.6 Å². The first-order valence-corrected chi connectivity index (χ1v) is 9.44. The molecule has 5 heteroatoms. The van der Waals surface area contributed by atoms with Gasteiger partial charge >= 0.3 is 0 Å². The van der Waals surface area contributed by atoms with Crippen molar-refractivity contribution < 1.29 is 0 Å². The number of thiophene rings is 1. The monoisotopic (exact) mass is 360 g/mol. The first kappa shape index (κ1) is 16.5. The Labute approximate surface area is 157 Å². The molecule has 0 radical (unpaired) electrons. The molecular formula is C21H20N4S. The van der Waals surface area contributed by atoms with Gasteiger partial charge in [0.05, 0.1) is 12.1 Å². The summed E-state index contributed by atoms with van der Waals surface area (Å²) in [7, 11) is 0. The molecule has 0 saturated carbocycles. The van der Waals surface area contributed by atoms with Crippen LogP contribution in [0, 0.1) is 13.8 Å². The zero-order valence-corrected chi connectivity index (χ0v) is 15.6. The van der Waals surface area contributed by atoms with E-state index in [4.69, 9.17) is 4.98 Å². The molecule has 4 rings (SSSR count). The Morgan fingerprint density at radius 3 is 2.69 bits per heavy atom. The third-order valence-electron chi connectivity index (χ3n) is 4.25. The zero-order chi connectivity index (χ0) is 17.9. The van der Waals surface area contributed by atoms with Gasteiger partial charge in [0.2, 0.25) is 5.95 Å². The van der Waals surface area contributed by atoms with Crippen LogP contribution >= 0.6 is 11.3 Å². The highest BCUT2D eigenvalue weighted by molar-refractivity contribution is 7.09. The van der Waals surface area contributed by atoms with Crippen LogP contribution in [0.5, 0.6) is 0 Å². The van der Waals surface area contributed by atoms with Crippen LogP contribution in [0.1, 0.15) is 16.0 Å². The van der Waals surface area contributed by atoms with Crippen LogP contribution < -0.4 is 10.6 Å². The highest BCUT2D eigenvalue weighted by Crippen LogP contribution is 2.26. The fourth-order valence-corrected chi connectivity index (χ4v) is 3.49. The normalized spacial score (nSPS) is 10.8. The standard InChI is InChI=1S/C21H20N4S/c1-14-9-10-15(2)19(12-14)24-21-23-18-8-4-3-7-17(18)20(25-21)22-13-16-6-5-11-26-16/h3-12H,13H2,1-2H3,(H2,22,23,24,25). The molecule has 0 spiro atoms. The van der Waals surface area contributed by atoms with Crippen molar-refractivity contribution >= 4 is 39.7 Å². The quantitative estimate of drug-likeness (QED) is 0.482. The Kier molecular flexibility index (Phi) is 4.54. The SMILES string of the molecule is Cc1ccc(C)c(Nc2nc(NCc3cccs3)c3ccccc3n2)c1. The molecule has 0 fully saturated rings. The maximum Gasteiger partial charge on any atom is 0.229 e. The van der Waals surface area contributed by atoms with Gasteiger partial charge in [-0.05, 0) is 54.6 Å². The number of para-hydroxylation sites is 1. The smallest absolute Gasteiger partial charge is 0.229 e. The van der Waals surface area contributed by atoms with Gasteiger partial charge in [0.15, 0.2) is 0 Å². The second kappa shape index (κ2) is 7.14. The minimum Gasteiger partial charge on any atom is -0.364 e. The highest BCUT2D eigenvalue weighted by Gasteiger charge is 2.09. The molecular weight excluding hydrogens is 340 g/mol. The average molecular weight is 360 g/mol. The first-order valence-electron chi connectivity index (χ1n) is 8.56. The molecule has 0 aliphatic rings. The number of anilines is 3. The Morgan fingerprint density at radius 1 is 0.962 bits per heavy atom. The number of aromatic nitrogens is 2. The van der Waals surface area contributed by atoms with Crippen LogP contribution in [-0.4, -0.2) is 9.97 Å². The van der Waals surface area contributed by atoms with Gasteiger partial charge in [-0.1, -0.05) is 30.3 Å². The summed E-state index contributed by atoms with van der Waals surface area (Å²) in [6.07, 6.45) is 0. The fraction of sp³-hybridized carbons (Fsp3) is 0.143. The third kappa shape index (κ3) is 3.53. The molecule has 26 heavy (non-hydrogen) atoms. The second-order valence-corrected chi connectivity index (χ2v) is 7.32. The van der Waals surface area contributed by atoms with Crippen molar-refractivity contribution in [2.24, 2.45) is 0 Å². The number of hydrogen-bond acceptors (Lipinski definition) is 5. The molecule has 4 aromatic rings. The molecule has 0 atom stereocenters. The van der Waals surface area contributed by atoms with Gasteiger partial charge in [0.1, 0.15) is 5.82 Å². The zero-order valence-electron chi connectivity index (χ0n) is 14.8. The average Bonchev–Trinajstić information content (AvgIpc) is 3.16. The molecule has 0 amide bonds. The number of hydrogen-bond donors (Lipinski definition) is 2. The van der Waals surface area contributed by atoms with Gasteiger partial charge in [-0.3, -0.25) is 0 Å². The summed E-state index contributed by atoms with van der Waals surface area (Å²) >= 11 is 1.74. The van der Waals surface area contributed by atoms with Crippen LogP contribution in [0.2, 0.25) is 0 Å². The van der Waals surface area contributed by atoms with Crippen LogP contribution in [-0.2, 0) is 6.54 Å². The summed E-state index contributed by atoms with van der Waals surface area (Å²) in [4.78, 5) is 10.7. The van der Waals surface area contributed by atoms with E-state index in [1.165, 1.54) is 16.0 Å². The number of nitrogens with zero attached hydrogens (tertiary/aromatic N) is 2. The van der Waals surface area contributed by atoms with Gasteiger partial charge < -0.3 is 10.6 Å². The van der Waals surface area contributed by atoms with Gasteiger partial charge in [-0.15, -0.1) is 11.3 Å². The van der Waals surface area contributed by atoms with E-state index in [2.05, 4.69) is 65.2 Å². The Bertz CT molecular complexity index is 1040. The number of rotatable bonds is 5. The molecule has 2 N–H and O–H groups in total. The predicted octanol–water partition coefficient (Wildman–Crippen LogP) is 5.66. The molecule has 0 unspecified atom stereocenters. The summed E-state index contributed by atoms with van der Waals surface area (Å²) in [5, 5.41) is 9.95. The van der Waals surface area contributed by atoms with Crippen LogP contribution in [0.25, 0.3) is 10.9 Å². The third-order valence-corrected chi connectivity index (χ3v) is 5.13. The van der Waals surface area contributed by atoms with E-state index in [9.17, 15) is 0 Å². The largest absolute Gasteiger partial charge is 0.364 e. The van der Waals surface area contributed by atoms with Crippen molar-refractivity contribution in [2.45, 2.75) is 20.4 Å². The Hall–Kier alpha value is -2.92. The molecule has 0 saturated heterocycles. The predicted molar refractivity (Wildman–Crippen MR) is 110 cm³/mol. The number of fused-ring (bicyclic) bond motifs is 1. The lowest BCUT2D eigenvalue weighted by atomic mass is 10.1. The highest BCUT2D eigenvalue weighted by atomic mass is 32.1. The summed E-state index contributed by atoms with van der Waals surface area (Å²) in [5.74, 6) is 1.45. The lowest BCUT2D eigenvalue weighted by Crippen LogP contribution is -2.05. The maximum absolute atomic E-state index is 4.74. The number of benzene rings is 2. The Morgan fingerprint density at radius 2 is 1.85 bits per heavy atom. The lowest BCUT2D eigenvalue weighted by molar-refractivity contribution is 1.13. The van der Waals surface area contributed by atoms with Crippen molar-refractivity contribution in [1.29, 1.82) is 0 Å². The summed E-state index contributed by atoms with van der Waals surface area (Å²) in [5.41, 5.74) is 4.32. The molecule has 2 aromatic heterocycles. The van der Waals surface area contributed by atoms with E-state index >= 15 is 0 Å². The molecule has 130 valence electrons. The van der Waals surface area contributed by atoms with E-state index in [0.717, 1.165) is 29.0 Å². The van der Waals surface area contributed by atoms with E-state index in [0.29, 0.717) is 5.95 Å². The number of aryl methyl sites for hydroxylation is 2. The second-order valence-electron chi connectivity index (χ2n) is 6.29. The van der Waals surface area contributed by atoms with E-state index in [-0.39, 0.29) is 0 Å². The summed E-state index contributed by atoms with van der Waals surface area (Å²) in [6.45, 7) is 4.92. The van der Waals surface area contributed by atoms with E-state index in [1.807, 2.05) is 24.3 Å². The maximum atomic E-state index is 4.74. The van der Waals surface area contributed by atoms with Gasteiger partial charge in [-0.2, -0.15) is 4.98 Å². The molecule has 0 aliphatic heterocycles. The summed E-state index contributed by atoms with van der Waals surface area (Å²) < 4.78 is 0.